The van der Waals surface area contributed by atoms with E-state index in [2.05, 4.69) is 5.32 Å². The first kappa shape index (κ1) is 18.9. The summed E-state index contributed by atoms with van der Waals surface area (Å²) in [6.07, 6.45) is -2.77. The third kappa shape index (κ3) is 6.23. The third-order valence-corrected chi connectivity index (χ3v) is 3.02. The van der Waals surface area contributed by atoms with Crippen molar-refractivity contribution in [1.29, 1.82) is 0 Å². The van der Waals surface area contributed by atoms with Gasteiger partial charge in [-0.2, -0.15) is 0 Å². The molecule has 1 heterocycles. The van der Waals surface area contributed by atoms with Crippen molar-refractivity contribution in [3.63, 3.8) is 0 Å². The highest BCUT2D eigenvalue weighted by Gasteiger charge is 2.45. The largest absolute Gasteiger partial charge is 0.463 e. The lowest BCUT2D eigenvalue weighted by Crippen LogP contribution is -2.62. The second-order valence-corrected chi connectivity index (χ2v) is 5.13. The lowest BCUT2D eigenvalue weighted by Gasteiger charge is -2.41. The maximum Gasteiger partial charge on any atom is 0.303 e. The van der Waals surface area contributed by atoms with Gasteiger partial charge in [-0.1, -0.05) is 0 Å². The van der Waals surface area contributed by atoms with Gasteiger partial charge < -0.3 is 24.3 Å². The molecule has 1 fully saturated rings. The van der Waals surface area contributed by atoms with E-state index in [1.54, 1.807) is 0 Å². The summed E-state index contributed by atoms with van der Waals surface area (Å²) in [6.45, 7) is 4.77. The zero-order chi connectivity index (χ0) is 17.6. The van der Waals surface area contributed by atoms with Crippen LogP contribution in [0.15, 0.2) is 0 Å². The molecule has 1 rings (SSSR count). The molecule has 4 atom stereocenters. The standard InChI is InChI=1S/C14H21NO8/c1-7(16)15-11-5-21-12(6-20-8(2)17)14(23-10(4)19)13(11)22-9(3)18/h11-14H,5-6H2,1-4H3,(H,15,16). The fraction of sp³-hybridized carbons (Fsp3) is 0.714. The number of hydrogen-bond donors (Lipinski definition) is 1. The zero-order valence-corrected chi connectivity index (χ0v) is 13.5. The van der Waals surface area contributed by atoms with E-state index in [-0.39, 0.29) is 19.1 Å². The lowest BCUT2D eigenvalue weighted by atomic mass is 9.97. The van der Waals surface area contributed by atoms with Crippen molar-refractivity contribution in [3.05, 3.63) is 0 Å². The van der Waals surface area contributed by atoms with Crippen LogP contribution in [0.5, 0.6) is 0 Å². The fourth-order valence-corrected chi connectivity index (χ4v) is 2.26. The monoisotopic (exact) mass is 331 g/mol. The first-order valence-corrected chi connectivity index (χ1v) is 7.07. The Bertz CT molecular complexity index is 477. The number of amides is 1. The molecule has 1 N–H and O–H groups in total. The number of ether oxygens (including phenoxy) is 4. The van der Waals surface area contributed by atoms with Gasteiger partial charge in [-0.15, -0.1) is 0 Å². The molecule has 0 saturated carbocycles. The highest BCUT2D eigenvalue weighted by Crippen LogP contribution is 2.23. The van der Waals surface area contributed by atoms with Crippen LogP contribution in [-0.4, -0.2) is 61.4 Å². The van der Waals surface area contributed by atoms with Crippen molar-refractivity contribution in [1.82, 2.24) is 5.32 Å². The Labute approximate surface area is 133 Å². The molecule has 0 spiro atoms. The molecule has 130 valence electrons. The molecular formula is C14H21NO8. The summed E-state index contributed by atoms with van der Waals surface area (Å²) < 4.78 is 20.8. The summed E-state index contributed by atoms with van der Waals surface area (Å²) in [4.78, 5) is 44.9. The van der Waals surface area contributed by atoms with Gasteiger partial charge in [-0.3, -0.25) is 19.2 Å². The van der Waals surface area contributed by atoms with Crippen LogP contribution in [0.4, 0.5) is 0 Å². The molecule has 1 amide bonds. The number of rotatable bonds is 5. The van der Waals surface area contributed by atoms with Crippen LogP contribution in [0.3, 0.4) is 0 Å². The second-order valence-electron chi connectivity index (χ2n) is 5.13. The van der Waals surface area contributed by atoms with Gasteiger partial charge >= 0.3 is 17.9 Å². The summed E-state index contributed by atoms with van der Waals surface area (Å²) in [7, 11) is 0. The van der Waals surface area contributed by atoms with Gasteiger partial charge in [0.25, 0.3) is 0 Å². The van der Waals surface area contributed by atoms with Gasteiger partial charge in [0, 0.05) is 27.7 Å². The van der Waals surface area contributed by atoms with Gasteiger partial charge in [-0.25, -0.2) is 0 Å². The minimum Gasteiger partial charge on any atom is -0.463 e. The summed E-state index contributed by atoms with van der Waals surface area (Å²) in [5.41, 5.74) is 0. The highest BCUT2D eigenvalue weighted by molar-refractivity contribution is 5.73. The molecule has 0 aromatic heterocycles. The average Bonchev–Trinajstić information content (AvgIpc) is 2.39. The smallest absolute Gasteiger partial charge is 0.303 e. The Hall–Kier alpha value is -2.16. The van der Waals surface area contributed by atoms with Crippen LogP contribution >= 0.6 is 0 Å². The van der Waals surface area contributed by atoms with Gasteiger partial charge in [0.2, 0.25) is 5.91 Å². The molecule has 9 nitrogen and oxygen atoms in total. The van der Waals surface area contributed by atoms with Crippen LogP contribution in [0.2, 0.25) is 0 Å². The van der Waals surface area contributed by atoms with E-state index in [1.165, 1.54) is 27.7 Å². The fourth-order valence-electron chi connectivity index (χ4n) is 2.26. The van der Waals surface area contributed by atoms with E-state index in [1.807, 2.05) is 0 Å². The van der Waals surface area contributed by atoms with Crippen molar-refractivity contribution in [3.8, 4) is 0 Å². The highest BCUT2D eigenvalue weighted by atomic mass is 16.6. The Morgan fingerprint density at radius 3 is 2.00 bits per heavy atom. The van der Waals surface area contributed by atoms with Crippen LogP contribution in [0.25, 0.3) is 0 Å². The van der Waals surface area contributed by atoms with Crippen LogP contribution in [0.1, 0.15) is 27.7 Å². The maximum absolute atomic E-state index is 11.3. The molecule has 0 aromatic carbocycles. The molecule has 1 aliphatic heterocycles. The van der Waals surface area contributed by atoms with Gasteiger partial charge in [0.15, 0.2) is 12.2 Å². The molecule has 0 bridgehead atoms. The number of esters is 3. The minimum absolute atomic E-state index is 0.0151. The molecule has 0 radical (unpaired) electrons. The molecule has 0 aliphatic carbocycles. The first-order valence-electron chi connectivity index (χ1n) is 7.07. The van der Waals surface area contributed by atoms with Crippen molar-refractivity contribution < 1.29 is 38.1 Å². The molecule has 0 aromatic rings. The maximum atomic E-state index is 11.3. The lowest BCUT2D eigenvalue weighted by molar-refractivity contribution is -0.207. The van der Waals surface area contributed by atoms with Crippen molar-refractivity contribution >= 4 is 23.8 Å². The van der Waals surface area contributed by atoms with Crippen molar-refractivity contribution in [2.24, 2.45) is 0 Å². The predicted octanol–water partition coefficient (Wildman–Crippen LogP) is -0.684. The zero-order valence-electron chi connectivity index (χ0n) is 13.5. The first-order chi connectivity index (χ1) is 10.7. The van der Waals surface area contributed by atoms with Crippen molar-refractivity contribution in [2.45, 2.75) is 52.0 Å². The van der Waals surface area contributed by atoms with E-state index in [0.29, 0.717) is 0 Å². The Balaban J connectivity index is 2.98. The summed E-state index contributed by atoms with van der Waals surface area (Å²) in [6, 6.07) is -0.686. The van der Waals surface area contributed by atoms with Gasteiger partial charge in [0.05, 0.1) is 12.6 Å². The quantitative estimate of drug-likeness (QED) is 0.520. The Kier molecular flexibility index (Phi) is 6.95. The van der Waals surface area contributed by atoms with Gasteiger partial charge in [-0.05, 0) is 0 Å². The molecular weight excluding hydrogens is 310 g/mol. The second kappa shape index (κ2) is 8.47. The predicted molar refractivity (Wildman–Crippen MR) is 75.1 cm³/mol. The summed E-state index contributed by atoms with van der Waals surface area (Å²) in [5, 5.41) is 2.59. The van der Waals surface area contributed by atoms with Crippen LogP contribution < -0.4 is 5.32 Å². The molecule has 23 heavy (non-hydrogen) atoms. The number of carbonyl (C=O) groups excluding carboxylic acids is 4. The average molecular weight is 331 g/mol. The summed E-state index contributed by atoms with van der Waals surface area (Å²) in [5.74, 6) is -2.10. The number of hydrogen-bond acceptors (Lipinski definition) is 8. The Morgan fingerprint density at radius 2 is 1.52 bits per heavy atom. The molecule has 1 saturated heterocycles. The molecule has 4 unspecified atom stereocenters. The SMILES string of the molecule is CC(=O)NC1COC(COC(C)=O)C(OC(C)=O)C1OC(C)=O. The van der Waals surface area contributed by atoms with E-state index >= 15 is 0 Å². The van der Waals surface area contributed by atoms with Crippen molar-refractivity contribution in [2.75, 3.05) is 13.2 Å². The van der Waals surface area contributed by atoms with E-state index < -0.39 is 42.3 Å². The molecule has 9 heteroatoms. The Morgan fingerprint density at radius 1 is 0.957 bits per heavy atom. The van der Waals surface area contributed by atoms with Gasteiger partial charge in [0.1, 0.15) is 12.7 Å². The number of carbonyl (C=O) groups is 4. The van der Waals surface area contributed by atoms with E-state index in [4.69, 9.17) is 18.9 Å². The number of nitrogens with one attached hydrogen (secondary N) is 1. The van der Waals surface area contributed by atoms with E-state index in [9.17, 15) is 19.2 Å². The van der Waals surface area contributed by atoms with Crippen LogP contribution in [0, 0.1) is 0 Å². The van der Waals surface area contributed by atoms with E-state index in [0.717, 1.165) is 0 Å². The topological polar surface area (TPSA) is 117 Å². The molecule has 1 aliphatic rings. The minimum atomic E-state index is -1.01. The summed E-state index contributed by atoms with van der Waals surface area (Å²) >= 11 is 0. The van der Waals surface area contributed by atoms with Crippen LogP contribution in [-0.2, 0) is 38.1 Å². The third-order valence-electron chi connectivity index (χ3n) is 3.02. The normalized spacial score (nSPS) is 26.8.